The molecule has 0 saturated carbocycles. The third kappa shape index (κ3) is 3.63. The fourth-order valence-electron chi connectivity index (χ4n) is 1.72. The molecule has 0 atom stereocenters. The fourth-order valence-corrected chi connectivity index (χ4v) is 1.72. The van der Waals surface area contributed by atoms with Crippen molar-refractivity contribution in [3.05, 3.63) is 36.7 Å². The highest BCUT2D eigenvalue weighted by molar-refractivity contribution is 5.71. The van der Waals surface area contributed by atoms with Gasteiger partial charge in [-0.25, -0.2) is 4.98 Å². The first-order chi connectivity index (χ1) is 9.70. The minimum atomic E-state index is -2.82. The summed E-state index contributed by atoms with van der Waals surface area (Å²) >= 11 is 0. The van der Waals surface area contributed by atoms with Gasteiger partial charge < -0.3 is 10.1 Å². The maximum Gasteiger partial charge on any atom is 0.387 e. The summed E-state index contributed by atoms with van der Waals surface area (Å²) in [6.07, 6.45) is 4.17. The summed E-state index contributed by atoms with van der Waals surface area (Å²) in [5.74, 6) is 0.799. The van der Waals surface area contributed by atoms with E-state index in [9.17, 15) is 8.78 Å². The van der Waals surface area contributed by atoms with Crippen molar-refractivity contribution in [3.63, 3.8) is 0 Å². The second-order valence-electron chi connectivity index (χ2n) is 4.08. The second kappa shape index (κ2) is 6.79. The Labute approximate surface area is 115 Å². The van der Waals surface area contributed by atoms with Gasteiger partial charge >= 0.3 is 6.61 Å². The van der Waals surface area contributed by atoms with Crippen molar-refractivity contribution in [1.29, 1.82) is 0 Å². The number of benzene rings is 1. The van der Waals surface area contributed by atoms with Crippen molar-refractivity contribution in [3.8, 4) is 17.0 Å². The molecule has 0 fully saturated rings. The molecule has 0 amide bonds. The molecule has 4 nitrogen and oxygen atoms in total. The van der Waals surface area contributed by atoms with E-state index in [1.165, 1.54) is 12.1 Å². The number of nitrogens with one attached hydrogen (secondary N) is 1. The Bertz CT molecular complexity index is 546. The summed E-state index contributed by atoms with van der Waals surface area (Å²) in [5, 5.41) is 3.18. The van der Waals surface area contributed by atoms with Crippen molar-refractivity contribution in [1.82, 2.24) is 9.97 Å². The first-order valence-corrected chi connectivity index (χ1v) is 6.31. The highest BCUT2D eigenvalue weighted by Gasteiger charge is 2.09. The smallest absolute Gasteiger partial charge is 0.387 e. The lowest BCUT2D eigenvalue weighted by molar-refractivity contribution is -0.0498. The Morgan fingerprint density at radius 1 is 1.15 bits per heavy atom. The van der Waals surface area contributed by atoms with E-state index >= 15 is 0 Å². The van der Waals surface area contributed by atoms with Gasteiger partial charge in [0.2, 0.25) is 0 Å². The number of hydrogen-bond acceptors (Lipinski definition) is 4. The summed E-state index contributed by atoms with van der Waals surface area (Å²) in [6.45, 7) is 0.0248. The van der Waals surface area contributed by atoms with E-state index in [1.54, 1.807) is 24.5 Å². The molecule has 1 aromatic carbocycles. The van der Waals surface area contributed by atoms with Crippen LogP contribution in [0.3, 0.4) is 0 Å². The highest BCUT2D eigenvalue weighted by atomic mass is 19.3. The number of hydrogen-bond donors (Lipinski definition) is 1. The summed E-state index contributed by atoms with van der Waals surface area (Å²) in [6, 6.07) is 6.33. The number of anilines is 1. The number of rotatable bonds is 6. The van der Waals surface area contributed by atoms with Crippen LogP contribution in [-0.4, -0.2) is 23.1 Å². The SMILES string of the molecule is CCCNc1nccnc1-c1ccc(OC(F)F)cc1. The lowest BCUT2D eigenvalue weighted by Crippen LogP contribution is -2.04. The van der Waals surface area contributed by atoms with E-state index in [0.717, 1.165) is 18.5 Å². The van der Waals surface area contributed by atoms with Crippen LogP contribution in [0.4, 0.5) is 14.6 Å². The van der Waals surface area contributed by atoms with Crippen molar-refractivity contribution in [2.45, 2.75) is 20.0 Å². The van der Waals surface area contributed by atoms with Gasteiger partial charge in [-0.3, -0.25) is 4.98 Å². The molecule has 20 heavy (non-hydrogen) atoms. The average molecular weight is 279 g/mol. The quantitative estimate of drug-likeness (QED) is 0.878. The van der Waals surface area contributed by atoms with Gasteiger partial charge in [0.25, 0.3) is 0 Å². The van der Waals surface area contributed by atoms with Gasteiger partial charge in [-0.05, 0) is 30.7 Å². The first kappa shape index (κ1) is 14.2. The maximum atomic E-state index is 12.1. The lowest BCUT2D eigenvalue weighted by atomic mass is 10.1. The standard InChI is InChI=1S/C14H15F2N3O/c1-2-7-18-13-12(17-8-9-19-13)10-3-5-11(6-4-10)20-14(15)16/h3-6,8-9,14H,2,7H2,1H3,(H,18,19). The normalized spacial score (nSPS) is 10.6. The Morgan fingerprint density at radius 3 is 2.50 bits per heavy atom. The Kier molecular flexibility index (Phi) is 4.81. The van der Waals surface area contributed by atoms with E-state index in [1.807, 2.05) is 0 Å². The molecule has 6 heteroatoms. The van der Waals surface area contributed by atoms with Crippen LogP contribution < -0.4 is 10.1 Å². The van der Waals surface area contributed by atoms with Crippen LogP contribution in [0.1, 0.15) is 13.3 Å². The van der Waals surface area contributed by atoms with Crippen LogP contribution in [0, 0.1) is 0 Å². The van der Waals surface area contributed by atoms with Crippen molar-refractivity contribution in [2.24, 2.45) is 0 Å². The molecule has 2 rings (SSSR count). The van der Waals surface area contributed by atoms with Gasteiger partial charge in [0.05, 0.1) is 0 Å². The van der Waals surface area contributed by atoms with Gasteiger partial charge in [-0.15, -0.1) is 0 Å². The zero-order chi connectivity index (χ0) is 14.4. The van der Waals surface area contributed by atoms with Crippen LogP contribution in [0.25, 0.3) is 11.3 Å². The summed E-state index contributed by atoms with van der Waals surface area (Å²) < 4.78 is 28.5. The number of nitrogens with zero attached hydrogens (tertiary/aromatic N) is 2. The topological polar surface area (TPSA) is 47.0 Å². The van der Waals surface area contributed by atoms with Crippen molar-refractivity contribution < 1.29 is 13.5 Å². The zero-order valence-corrected chi connectivity index (χ0v) is 11.0. The van der Waals surface area contributed by atoms with Crippen molar-refractivity contribution >= 4 is 5.82 Å². The van der Waals surface area contributed by atoms with E-state index in [0.29, 0.717) is 11.5 Å². The fraction of sp³-hybridized carbons (Fsp3) is 0.286. The molecule has 0 aliphatic carbocycles. The van der Waals surface area contributed by atoms with Crippen LogP contribution in [0.5, 0.6) is 5.75 Å². The van der Waals surface area contributed by atoms with Crippen LogP contribution in [-0.2, 0) is 0 Å². The number of aromatic nitrogens is 2. The van der Waals surface area contributed by atoms with Gasteiger partial charge in [0.15, 0.2) is 5.82 Å². The second-order valence-corrected chi connectivity index (χ2v) is 4.08. The van der Waals surface area contributed by atoms with E-state index in [-0.39, 0.29) is 5.75 Å². The number of halogens is 2. The minimum Gasteiger partial charge on any atom is -0.435 e. The molecular weight excluding hydrogens is 264 g/mol. The van der Waals surface area contributed by atoms with Gasteiger partial charge in [0.1, 0.15) is 11.4 Å². The largest absolute Gasteiger partial charge is 0.435 e. The van der Waals surface area contributed by atoms with Crippen LogP contribution in [0.2, 0.25) is 0 Å². The molecule has 0 bridgehead atoms. The van der Waals surface area contributed by atoms with Gasteiger partial charge in [-0.1, -0.05) is 6.92 Å². The molecule has 1 aromatic heterocycles. The molecule has 0 aliphatic rings. The lowest BCUT2D eigenvalue weighted by Gasteiger charge is -2.10. The molecule has 1 N–H and O–H groups in total. The number of alkyl halides is 2. The average Bonchev–Trinajstić information content (AvgIpc) is 2.46. The highest BCUT2D eigenvalue weighted by Crippen LogP contribution is 2.26. The minimum absolute atomic E-state index is 0.121. The van der Waals surface area contributed by atoms with Crippen LogP contribution in [0.15, 0.2) is 36.7 Å². The Balaban J connectivity index is 2.22. The van der Waals surface area contributed by atoms with E-state index in [2.05, 4.69) is 26.9 Å². The summed E-state index contributed by atoms with van der Waals surface area (Å²) in [5.41, 5.74) is 1.47. The Morgan fingerprint density at radius 2 is 1.85 bits per heavy atom. The molecule has 0 aliphatic heterocycles. The molecule has 0 spiro atoms. The molecule has 2 aromatic rings. The zero-order valence-electron chi connectivity index (χ0n) is 11.0. The molecule has 1 heterocycles. The predicted octanol–water partition coefficient (Wildman–Crippen LogP) is 3.57. The molecule has 0 saturated heterocycles. The van der Waals surface area contributed by atoms with E-state index in [4.69, 9.17) is 0 Å². The van der Waals surface area contributed by atoms with Gasteiger partial charge in [0, 0.05) is 24.5 Å². The predicted molar refractivity (Wildman–Crippen MR) is 72.9 cm³/mol. The molecule has 106 valence electrons. The number of ether oxygens (including phenoxy) is 1. The first-order valence-electron chi connectivity index (χ1n) is 6.31. The monoisotopic (exact) mass is 279 g/mol. The third-order valence-corrected chi connectivity index (χ3v) is 2.59. The Hall–Kier alpha value is -2.24. The van der Waals surface area contributed by atoms with Crippen LogP contribution >= 0.6 is 0 Å². The molecule has 0 radical (unpaired) electrons. The van der Waals surface area contributed by atoms with Crippen molar-refractivity contribution in [2.75, 3.05) is 11.9 Å². The third-order valence-electron chi connectivity index (χ3n) is 2.59. The molecule has 0 unspecified atom stereocenters. The summed E-state index contributed by atoms with van der Waals surface area (Å²) in [7, 11) is 0. The van der Waals surface area contributed by atoms with E-state index < -0.39 is 6.61 Å². The van der Waals surface area contributed by atoms with Gasteiger partial charge in [-0.2, -0.15) is 8.78 Å². The molecular formula is C14H15F2N3O. The maximum absolute atomic E-state index is 12.1. The summed E-state index contributed by atoms with van der Waals surface area (Å²) in [4.78, 5) is 8.52.